The van der Waals surface area contributed by atoms with Crippen LogP contribution >= 0.6 is 0 Å². The number of amides is 1. The van der Waals surface area contributed by atoms with Gasteiger partial charge in [-0.25, -0.2) is 8.78 Å². The molecule has 0 unspecified atom stereocenters. The zero-order valence-electron chi connectivity index (χ0n) is 11.5. The zero-order chi connectivity index (χ0) is 14.7. The van der Waals surface area contributed by atoms with Gasteiger partial charge in [-0.3, -0.25) is 4.79 Å². The third kappa shape index (κ3) is 2.98. The Morgan fingerprint density at radius 3 is 2.25 bits per heavy atom. The topological polar surface area (TPSA) is 23.6 Å². The van der Waals surface area contributed by atoms with Gasteiger partial charge in [-0.15, -0.1) is 6.58 Å². The minimum atomic E-state index is -0.557. The summed E-state index contributed by atoms with van der Waals surface area (Å²) in [7, 11) is 0. The van der Waals surface area contributed by atoms with Crippen molar-refractivity contribution < 1.29 is 13.6 Å². The van der Waals surface area contributed by atoms with Crippen LogP contribution in [-0.2, 0) is 11.2 Å². The maximum atomic E-state index is 14.1. The predicted molar refractivity (Wildman–Crippen MR) is 74.7 cm³/mol. The molecular formula is C15H18F2N2O. The molecule has 20 heavy (non-hydrogen) atoms. The Morgan fingerprint density at radius 1 is 1.25 bits per heavy atom. The Bertz CT molecular complexity index is 500. The molecule has 1 aromatic rings. The van der Waals surface area contributed by atoms with Crippen LogP contribution in [0.15, 0.2) is 24.8 Å². The van der Waals surface area contributed by atoms with Crippen molar-refractivity contribution in [3.05, 3.63) is 42.0 Å². The Balaban J connectivity index is 2.17. The molecule has 0 saturated carbocycles. The van der Waals surface area contributed by atoms with Gasteiger partial charge in [-0.1, -0.05) is 6.08 Å². The largest absolute Gasteiger partial charge is 0.363 e. The van der Waals surface area contributed by atoms with Crippen molar-refractivity contribution in [3.8, 4) is 0 Å². The van der Waals surface area contributed by atoms with Crippen LogP contribution in [0.4, 0.5) is 14.5 Å². The van der Waals surface area contributed by atoms with Gasteiger partial charge in [0.2, 0.25) is 5.91 Å². The summed E-state index contributed by atoms with van der Waals surface area (Å²) in [5, 5.41) is 0. The van der Waals surface area contributed by atoms with Gasteiger partial charge in [0, 0.05) is 33.1 Å². The number of hydrogen-bond acceptors (Lipinski definition) is 2. The number of carbonyl (C=O) groups excluding carboxylic acids is 1. The van der Waals surface area contributed by atoms with Gasteiger partial charge in [-0.05, 0) is 24.1 Å². The SMILES string of the molecule is C=CCc1cc(F)c(N2CCN(C(C)=O)CC2)c(F)c1. The molecule has 0 N–H and O–H groups in total. The molecule has 108 valence electrons. The summed E-state index contributed by atoms with van der Waals surface area (Å²) in [5.74, 6) is -1.12. The van der Waals surface area contributed by atoms with Crippen LogP contribution < -0.4 is 4.90 Å². The second kappa shape index (κ2) is 6.03. The van der Waals surface area contributed by atoms with E-state index in [-0.39, 0.29) is 11.6 Å². The molecule has 0 atom stereocenters. The number of allylic oxidation sites excluding steroid dienone is 1. The average Bonchev–Trinajstić information content (AvgIpc) is 2.39. The maximum Gasteiger partial charge on any atom is 0.219 e. The summed E-state index contributed by atoms with van der Waals surface area (Å²) < 4.78 is 28.2. The minimum Gasteiger partial charge on any atom is -0.363 e. The summed E-state index contributed by atoms with van der Waals surface area (Å²) in [6.45, 7) is 6.92. The monoisotopic (exact) mass is 280 g/mol. The third-order valence-electron chi connectivity index (χ3n) is 3.50. The molecule has 1 fully saturated rings. The van der Waals surface area contributed by atoms with E-state index in [0.717, 1.165) is 0 Å². The van der Waals surface area contributed by atoms with E-state index in [1.807, 2.05) is 0 Å². The van der Waals surface area contributed by atoms with Crippen molar-refractivity contribution in [1.82, 2.24) is 4.90 Å². The smallest absolute Gasteiger partial charge is 0.219 e. The highest BCUT2D eigenvalue weighted by Crippen LogP contribution is 2.26. The highest BCUT2D eigenvalue weighted by atomic mass is 19.1. The summed E-state index contributed by atoms with van der Waals surface area (Å²) in [5.41, 5.74) is 0.571. The molecule has 2 rings (SSSR count). The molecule has 0 spiro atoms. The van der Waals surface area contributed by atoms with E-state index in [4.69, 9.17) is 0 Å². The number of halogens is 2. The number of nitrogens with zero attached hydrogens (tertiary/aromatic N) is 2. The standard InChI is InChI=1S/C15H18F2N2O/c1-3-4-12-9-13(16)15(14(17)10-12)19-7-5-18(6-8-19)11(2)20/h3,9-10H,1,4-8H2,2H3. The lowest BCUT2D eigenvalue weighted by Gasteiger charge is -2.35. The van der Waals surface area contributed by atoms with Gasteiger partial charge >= 0.3 is 0 Å². The first-order valence-electron chi connectivity index (χ1n) is 6.62. The fraction of sp³-hybridized carbons (Fsp3) is 0.400. The molecular weight excluding hydrogens is 262 g/mol. The molecule has 1 heterocycles. The van der Waals surface area contributed by atoms with E-state index in [1.54, 1.807) is 15.9 Å². The van der Waals surface area contributed by atoms with Crippen molar-refractivity contribution in [2.75, 3.05) is 31.1 Å². The maximum absolute atomic E-state index is 14.1. The first-order valence-corrected chi connectivity index (χ1v) is 6.62. The van der Waals surface area contributed by atoms with E-state index in [9.17, 15) is 13.6 Å². The fourth-order valence-corrected chi connectivity index (χ4v) is 2.45. The minimum absolute atomic E-state index is 0.000939. The Morgan fingerprint density at radius 2 is 1.80 bits per heavy atom. The number of benzene rings is 1. The normalized spacial score (nSPS) is 15.3. The van der Waals surface area contributed by atoms with E-state index in [1.165, 1.54) is 19.1 Å². The number of rotatable bonds is 3. The zero-order valence-corrected chi connectivity index (χ0v) is 11.5. The van der Waals surface area contributed by atoms with Gasteiger partial charge < -0.3 is 9.80 Å². The van der Waals surface area contributed by atoms with Crippen LogP contribution in [0.2, 0.25) is 0 Å². The number of anilines is 1. The molecule has 1 amide bonds. The second-order valence-electron chi connectivity index (χ2n) is 4.89. The summed E-state index contributed by atoms with van der Waals surface area (Å²) in [6, 6.07) is 2.69. The van der Waals surface area contributed by atoms with Crippen molar-refractivity contribution in [2.24, 2.45) is 0 Å². The summed E-state index contributed by atoms with van der Waals surface area (Å²) in [4.78, 5) is 14.6. The molecule has 0 bridgehead atoms. The van der Waals surface area contributed by atoms with Crippen LogP contribution in [0, 0.1) is 11.6 Å². The van der Waals surface area contributed by atoms with E-state index in [2.05, 4.69) is 6.58 Å². The quantitative estimate of drug-likeness (QED) is 0.794. The molecule has 1 aliphatic rings. The Labute approximate surface area is 117 Å². The van der Waals surface area contributed by atoms with Crippen molar-refractivity contribution >= 4 is 11.6 Å². The molecule has 0 aliphatic carbocycles. The van der Waals surface area contributed by atoms with Crippen LogP contribution in [0.1, 0.15) is 12.5 Å². The number of hydrogen-bond donors (Lipinski definition) is 0. The van der Waals surface area contributed by atoms with Crippen molar-refractivity contribution in [3.63, 3.8) is 0 Å². The summed E-state index contributed by atoms with van der Waals surface area (Å²) >= 11 is 0. The highest BCUT2D eigenvalue weighted by molar-refractivity contribution is 5.73. The van der Waals surface area contributed by atoms with E-state index < -0.39 is 11.6 Å². The van der Waals surface area contributed by atoms with E-state index >= 15 is 0 Å². The molecule has 3 nitrogen and oxygen atoms in total. The Hall–Kier alpha value is -1.91. The van der Waals surface area contributed by atoms with Crippen molar-refractivity contribution in [2.45, 2.75) is 13.3 Å². The van der Waals surface area contributed by atoms with Gasteiger partial charge in [0.1, 0.15) is 17.3 Å². The number of carbonyl (C=O) groups is 1. The van der Waals surface area contributed by atoms with Crippen LogP contribution in [0.5, 0.6) is 0 Å². The predicted octanol–water partition coefficient (Wildman–Crippen LogP) is 2.36. The first kappa shape index (κ1) is 14.5. The average molecular weight is 280 g/mol. The van der Waals surface area contributed by atoms with Gasteiger partial charge in [0.15, 0.2) is 0 Å². The molecule has 1 aliphatic heterocycles. The third-order valence-corrected chi connectivity index (χ3v) is 3.50. The van der Waals surface area contributed by atoms with Gasteiger partial charge in [0.25, 0.3) is 0 Å². The lowest BCUT2D eigenvalue weighted by molar-refractivity contribution is -0.129. The van der Waals surface area contributed by atoms with Crippen LogP contribution in [-0.4, -0.2) is 37.0 Å². The van der Waals surface area contributed by atoms with Crippen LogP contribution in [0.25, 0.3) is 0 Å². The molecule has 0 radical (unpaired) electrons. The Kier molecular flexibility index (Phi) is 4.37. The van der Waals surface area contributed by atoms with Crippen molar-refractivity contribution in [1.29, 1.82) is 0 Å². The van der Waals surface area contributed by atoms with Gasteiger partial charge in [0.05, 0.1) is 0 Å². The molecule has 0 aromatic heterocycles. The lowest BCUT2D eigenvalue weighted by Crippen LogP contribution is -2.48. The summed E-state index contributed by atoms with van der Waals surface area (Å²) in [6.07, 6.45) is 2.05. The highest BCUT2D eigenvalue weighted by Gasteiger charge is 2.23. The van der Waals surface area contributed by atoms with Crippen LogP contribution in [0.3, 0.4) is 0 Å². The number of piperazine rings is 1. The van der Waals surface area contributed by atoms with E-state index in [0.29, 0.717) is 38.2 Å². The lowest BCUT2D eigenvalue weighted by atomic mass is 10.1. The molecule has 1 saturated heterocycles. The first-order chi connectivity index (χ1) is 9.52. The molecule has 1 aromatic carbocycles. The fourth-order valence-electron chi connectivity index (χ4n) is 2.45. The van der Waals surface area contributed by atoms with Gasteiger partial charge in [-0.2, -0.15) is 0 Å². The second-order valence-corrected chi connectivity index (χ2v) is 4.89. The molecule has 5 heteroatoms.